The van der Waals surface area contributed by atoms with Crippen molar-refractivity contribution in [3.05, 3.63) is 0 Å². The molecule has 2 fully saturated rings. The minimum atomic E-state index is -0.701. The molecule has 1 aliphatic carbocycles. The molecule has 0 radical (unpaired) electrons. The Kier molecular flexibility index (Phi) is 2.75. The molecule has 1 aliphatic heterocycles. The quantitative estimate of drug-likeness (QED) is 0.699. The van der Waals surface area contributed by atoms with Crippen molar-refractivity contribution in [1.82, 2.24) is 5.32 Å². The number of carboxylic acid groups (broad SMARTS) is 1. The Labute approximate surface area is 88.6 Å². The molecule has 1 saturated heterocycles. The summed E-state index contributed by atoms with van der Waals surface area (Å²) in [5.74, 6) is 0.837. The third kappa shape index (κ3) is 1.91. The number of carboxylic acids is 1. The van der Waals surface area contributed by atoms with Crippen molar-refractivity contribution in [2.75, 3.05) is 5.75 Å². The molecular weight excluding hydrogens is 198 g/mol. The van der Waals surface area contributed by atoms with Crippen LogP contribution in [-0.2, 0) is 4.79 Å². The van der Waals surface area contributed by atoms with Crippen molar-refractivity contribution in [3.63, 3.8) is 0 Å². The highest BCUT2D eigenvalue weighted by Crippen LogP contribution is 2.43. The Hall–Kier alpha value is -0.220. The number of rotatable bonds is 1. The molecule has 0 aromatic carbocycles. The lowest BCUT2D eigenvalue weighted by Crippen LogP contribution is -2.46. The summed E-state index contributed by atoms with van der Waals surface area (Å²) in [6.45, 7) is 2.28. The summed E-state index contributed by atoms with van der Waals surface area (Å²) in [6, 6.07) is -0.326. The number of hydrogen-bond donors (Lipinski definition) is 2. The van der Waals surface area contributed by atoms with Gasteiger partial charge in [0.15, 0.2) is 0 Å². The van der Waals surface area contributed by atoms with Gasteiger partial charge < -0.3 is 5.11 Å². The van der Waals surface area contributed by atoms with E-state index in [2.05, 4.69) is 12.2 Å². The summed E-state index contributed by atoms with van der Waals surface area (Å²) in [5.41, 5.74) is 0. The number of carbonyl (C=O) groups is 1. The number of aliphatic carboxylic acids is 1. The first-order valence-corrected chi connectivity index (χ1v) is 6.24. The van der Waals surface area contributed by atoms with Gasteiger partial charge in [0.2, 0.25) is 0 Å². The average molecular weight is 215 g/mol. The second kappa shape index (κ2) is 3.74. The van der Waals surface area contributed by atoms with Crippen LogP contribution in [-0.4, -0.2) is 27.7 Å². The lowest BCUT2D eigenvalue weighted by atomic mass is 9.86. The van der Waals surface area contributed by atoms with Gasteiger partial charge in [0.05, 0.1) is 4.87 Å². The minimum absolute atomic E-state index is 0.0928. The molecule has 0 bridgehead atoms. The maximum absolute atomic E-state index is 10.8. The first kappa shape index (κ1) is 10.3. The second-order valence-corrected chi connectivity index (χ2v) is 5.93. The molecule has 2 aliphatic rings. The van der Waals surface area contributed by atoms with Crippen molar-refractivity contribution in [1.29, 1.82) is 0 Å². The number of hydrogen-bond acceptors (Lipinski definition) is 3. The van der Waals surface area contributed by atoms with Crippen LogP contribution in [0.5, 0.6) is 0 Å². The van der Waals surface area contributed by atoms with Gasteiger partial charge in [-0.1, -0.05) is 6.92 Å². The van der Waals surface area contributed by atoms with Crippen LogP contribution < -0.4 is 5.32 Å². The van der Waals surface area contributed by atoms with E-state index in [1.54, 1.807) is 0 Å². The molecule has 14 heavy (non-hydrogen) atoms. The molecule has 0 aromatic rings. The van der Waals surface area contributed by atoms with Crippen molar-refractivity contribution in [2.45, 2.75) is 43.5 Å². The molecule has 4 heteroatoms. The molecule has 2 rings (SSSR count). The monoisotopic (exact) mass is 215 g/mol. The highest BCUT2D eigenvalue weighted by atomic mass is 32.2. The summed E-state index contributed by atoms with van der Waals surface area (Å²) < 4.78 is 0. The topological polar surface area (TPSA) is 49.3 Å². The highest BCUT2D eigenvalue weighted by Gasteiger charge is 2.43. The molecule has 3 nitrogen and oxygen atoms in total. The summed E-state index contributed by atoms with van der Waals surface area (Å²) in [5, 5.41) is 12.2. The Morgan fingerprint density at radius 2 is 2.14 bits per heavy atom. The smallest absolute Gasteiger partial charge is 0.321 e. The molecule has 1 atom stereocenters. The number of thioether (sulfide) groups is 1. The van der Waals surface area contributed by atoms with Crippen molar-refractivity contribution < 1.29 is 9.90 Å². The highest BCUT2D eigenvalue weighted by molar-refractivity contribution is 8.00. The zero-order valence-corrected chi connectivity index (χ0v) is 9.27. The molecular formula is C10H17NO2S. The molecule has 1 heterocycles. The van der Waals surface area contributed by atoms with Crippen LogP contribution in [0.2, 0.25) is 0 Å². The van der Waals surface area contributed by atoms with Gasteiger partial charge in [-0.15, -0.1) is 11.8 Å². The fourth-order valence-corrected chi connectivity index (χ4v) is 3.76. The van der Waals surface area contributed by atoms with E-state index in [0.717, 1.165) is 24.5 Å². The molecule has 1 spiro atoms. The first-order valence-electron chi connectivity index (χ1n) is 5.26. The Balaban J connectivity index is 1.96. The summed E-state index contributed by atoms with van der Waals surface area (Å²) in [4.78, 5) is 10.9. The molecule has 0 unspecified atom stereocenters. The molecule has 0 amide bonds. The standard InChI is InChI=1S/C10H17NO2S/c1-7-2-4-10(5-3-7)11-8(6-14-10)9(12)13/h7-8,11H,2-6H2,1H3,(H,12,13)/t7?,8-,10?/m0/s1. The van der Waals surface area contributed by atoms with E-state index in [9.17, 15) is 4.79 Å². The van der Waals surface area contributed by atoms with Gasteiger partial charge in [0, 0.05) is 5.75 Å². The van der Waals surface area contributed by atoms with Crippen molar-refractivity contribution in [2.24, 2.45) is 5.92 Å². The van der Waals surface area contributed by atoms with Gasteiger partial charge in [-0.3, -0.25) is 10.1 Å². The largest absolute Gasteiger partial charge is 0.480 e. The van der Waals surface area contributed by atoms with Crippen LogP contribution in [0, 0.1) is 5.92 Å². The van der Waals surface area contributed by atoms with Gasteiger partial charge in [0.25, 0.3) is 0 Å². The normalized spacial score (nSPS) is 42.9. The van der Waals surface area contributed by atoms with Gasteiger partial charge in [-0.25, -0.2) is 0 Å². The fourth-order valence-electron chi connectivity index (χ4n) is 2.29. The van der Waals surface area contributed by atoms with Crippen LogP contribution >= 0.6 is 11.8 Å². The van der Waals surface area contributed by atoms with E-state index in [4.69, 9.17) is 5.11 Å². The first-order chi connectivity index (χ1) is 6.61. The lowest BCUT2D eigenvalue weighted by Gasteiger charge is -2.35. The predicted molar refractivity (Wildman–Crippen MR) is 57.4 cm³/mol. The fraction of sp³-hybridized carbons (Fsp3) is 0.900. The van der Waals surface area contributed by atoms with Gasteiger partial charge in [-0.05, 0) is 31.6 Å². The third-order valence-electron chi connectivity index (χ3n) is 3.34. The third-order valence-corrected chi connectivity index (χ3v) is 4.92. The lowest BCUT2D eigenvalue weighted by molar-refractivity contribution is -0.139. The second-order valence-electron chi connectivity index (χ2n) is 4.52. The van der Waals surface area contributed by atoms with E-state index in [-0.39, 0.29) is 10.9 Å². The molecule has 80 valence electrons. The van der Waals surface area contributed by atoms with Crippen LogP contribution in [0.4, 0.5) is 0 Å². The van der Waals surface area contributed by atoms with Gasteiger partial charge in [0.1, 0.15) is 6.04 Å². The zero-order chi connectivity index (χ0) is 10.2. The maximum Gasteiger partial charge on any atom is 0.321 e. The van der Waals surface area contributed by atoms with Crippen LogP contribution in [0.3, 0.4) is 0 Å². The summed E-state index contributed by atoms with van der Waals surface area (Å²) >= 11 is 1.81. The summed E-state index contributed by atoms with van der Waals surface area (Å²) in [7, 11) is 0. The van der Waals surface area contributed by atoms with Crippen molar-refractivity contribution in [3.8, 4) is 0 Å². The van der Waals surface area contributed by atoms with Gasteiger partial charge in [-0.2, -0.15) is 0 Å². The van der Waals surface area contributed by atoms with E-state index >= 15 is 0 Å². The Morgan fingerprint density at radius 1 is 1.50 bits per heavy atom. The van der Waals surface area contributed by atoms with E-state index in [1.807, 2.05) is 11.8 Å². The molecule has 1 saturated carbocycles. The Bertz CT molecular complexity index is 236. The van der Waals surface area contributed by atoms with E-state index in [0.29, 0.717) is 0 Å². The number of nitrogens with one attached hydrogen (secondary N) is 1. The van der Waals surface area contributed by atoms with Crippen molar-refractivity contribution >= 4 is 17.7 Å². The van der Waals surface area contributed by atoms with E-state index < -0.39 is 5.97 Å². The minimum Gasteiger partial charge on any atom is -0.480 e. The molecule has 0 aromatic heterocycles. The van der Waals surface area contributed by atoms with Crippen LogP contribution in [0.1, 0.15) is 32.6 Å². The maximum atomic E-state index is 10.8. The van der Waals surface area contributed by atoms with Gasteiger partial charge >= 0.3 is 5.97 Å². The van der Waals surface area contributed by atoms with Crippen LogP contribution in [0.15, 0.2) is 0 Å². The Morgan fingerprint density at radius 3 is 2.64 bits per heavy atom. The predicted octanol–water partition coefficient (Wildman–Crippen LogP) is 1.68. The average Bonchev–Trinajstić information content (AvgIpc) is 2.56. The summed E-state index contributed by atoms with van der Waals surface area (Å²) in [6.07, 6.45) is 4.71. The molecule has 2 N–H and O–H groups in total. The zero-order valence-electron chi connectivity index (χ0n) is 8.45. The van der Waals surface area contributed by atoms with Crippen LogP contribution in [0.25, 0.3) is 0 Å². The van der Waals surface area contributed by atoms with E-state index in [1.165, 1.54) is 12.8 Å². The SMILES string of the molecule is CC1CCC2(CC1)N[C@H](C(=O)O)CS2.